The third-order valence-electron chi connectivity index (χ3n) is 2.66. The van der Waals surface area contributed by atoms with Gasteiger partial charge in [0.25, 0.3) is 0 Å². The second kappa shape index (κ2) is 4.11. The maximum atomic E-state index is 6.34. The van der Waals surface area contributed by atoms with Gasteiger partial charge < -0.3 is 4.42 Å². The number of furan rings is 1. The minimum Gasteiger partial charge on any atom is -0.472 e. The van der Waals surface area contributed by atoms with Crippen LogP contribution in [0.4, 0.5) is 0 Å². The Morgan fingerprint density at radius 3 is 2.47 bits per heavy atom. The van der Waals surface area contributed by atoms with Crippen molar-refractivity contribution < 1.29 is 4.42 Å². The first-order valence-corrected chi connectivity index (χ1v) is 5.35. The zero-order valence-corrected chi connectivity index (χ0v) is 9.58. The van der Waals surface area contributed by atoms with Crippen LogP contribution in [0.5, 0.6) is 0 Å². The summed E-state index contributed by atoms with van der Waals surface area (Å²) < 4.78 is 5.03. The monoisotopic (exact) mass is 220 g/mol. The highest BCUT2D eigenvalue weighted by atomic mass is 35.5. The van der Waals surface area contributed by atoms with Crippen LogP contribution in [0.1, 0.15) is 27.6 Å². The zero-order chi connectivity index (χ0) is 10.8. The molecule has 0 bridgehead atoms. The van der Waals surface area contributed by atoms with Gasteiger partial charge in [-0.25, -0.2) is 0 Å². The van der Waals surface area contributed by atoms with Crippen LogP contribution >= 0.6 is 11.6 Å². The first-order chi connectivity index (χ1) is 7.18. The van der Waals surface area contributed by atoms with E-state index in [1.54, 1.807) is 12.5 Å². The van der Waals surface area contributed by atoms with Gasteiger partial charge in [0.1, 0.15) is 0 Å². The Kier molecular flexibility index (Phi) is 2.83. The van der Waals surface area contributed by atoms with Crippen LogP contribution in [-0.2, 0) is 0 Å². The number of benzene rings is 1. The summed E-state index contributed by atoms with van der Waals surface area (Å²) in [6, 6.07) is 8.18. The van der Waals surface area contributed by atoms with Gasteiger partial charge in [0.15, 0.2) is 0 Å². The normalized spacial score (nSPS) is 12.7. The fourth-order valence-corrected chi connectivity index (χ4v) is 1.79. The van der Waals surface area contributed by atoms with Gasteiger partial charge in [-0.05, 0) is 36.6 Å². The van der Waals surface area contributed by atoms with Crippen LogP contribution < -0.4 is 0 Å². The van der Waals surface area contributed by atoms with Gasteiger partial charge in [0.05, 0.1) is 17.9 Å². The minimum atomic E-state index is -0.122. The molecule has 78 valence electrons. The lowest BCUT2D eigenvalue weighted by Gasteiger charge is -2.09. The van der Waals surface area contributed by atoms with Crippen molar-refractivity contribution in [2.45, 2.75) is 19.2 Å². The molecule has 0 saturated heterocycles. The van der Waals surface area contributed by atoms with E-state index < -0.39 is 0 Å². The Balaban J connectivity index is 2.34. The number of aryl methyl sites for hydroxylation is 2. The Morgan fingerprint density at radius 2 is 1.87 bits per heavy atom. The van der Waals surface area contributed by atoms with Crippen molar-refractivity contribution in [1.82, 2.24) is 0 Å². The molecular weight excluding hydrogens is 208 g/mol. The Labute approximate surface area is 94.7 Å². The van der Waals surface area contributed by atoms with E-state index in [0.717, 1.165) is 11.1 Å². The number of hydrogen-bond acceptors (Lipinski definition) is 1. The lowest BCUT2D eigenvalue weighted by molar-refractivity contribution is 0.564. The molecular formula is C13H13ClO. The van der Waals surface area contributed by atoms with Crippen molar-refractivity contribution in [2.24, 2.45) is 0 Å². The lowest BCUT2D eigenvalue weighted by Crippen LogP contribution is -1.93. The summed E-state index contributed by atoms with van der Waals surface area (Å²) in [5.74, 6) is 0. The largest absolute Gasteiger partial charge is 0.472 e. The van der Waals surface area contributed by atoms with Crippen molar-refractivity contribution in [3.63, 3.8) is 0 Å². The van der Waals surface area contributed by atoms with E-state index in [1.165, 1.54) is 11.1 Å². The number of alkyl halides is 1. The predicted octanol–water partition coefficient (Wildman–Crippen LogP) is 4.22. The SMILES string of the molecule is Cc1ccc(C(Cl)c2ccoc2)cc1C. The highest BCUT2D eigenvalue weighted by Crippen LogP contribution is 2.29. The van der Waals surface area contributed by atoms with E-state index in [4.69, 9.17) is 16.0 Å². The molecule has 0 saturated carbocycles. The average molecular weight is 221 g/mol. The molecule has 0 N–H and O–H groups in total. The fourth-order valence-electron chi connectivity index (χ4n) is 1.53. The second-order valence-corrected chi connectivity index (χ2v) is 4.20. The third-order valence-corrected chi connectivity index (χ3v) is 3.16. The molecule has 15 heavy (non-hydrogen) atoms. The summed E-state index contributed by atoms with van der Waals surface area (Å²) in [5, 5.41) is -0.122. The number of hydrogen-bond donors (Lipinski definition) is 0. The Bertz CT molecular complexity index is 446. The number of rotatable bonds is 2. The summed E-state index contributed by atoms with van der Waals surface area (Å²) in [4.78, 5) is 0. The molecule has 0 aliphatic heterocycles. The van der Waals surface area contributed by atoms with E-state index in [0.29, 0.717) is 0 Å². The van der Waals surface area contributed by atoms with Crippen LogP contribution in [0.15, 0.2) is 41.2 Å². The minimum absolute atomic E-state index is 0.122. The van der Waals surface area contributed by atoms with E-state index >= 15 is 0 Å². The topological polar surface area (TPSA) is 13.1 Å². The van der Waals surface area contributed by atoms with Crippen molar-refractivity contribution in [3.05, 3.63) is 59.0 Å². The molecule has 1 heterocycles. The molecule has 0 aliphatic rings. The summed E-state index contributed by atoms with van der Waals surface area (Å²) >= 11 is 6.34. The summed E-state index contributed by atoms with van der Waals surface area (Å²) in [7, 11) is 0. The Hall–Kier alpha value is -1.21. The van der Waals surface area contributed by atoms with Gasteiger partial charge in [-0.2, -0.15) is 0 Å². The molecule has 1 atom stereocenters. The molecule has 1 unspecified atom stereocenters. The number of halogens is 1. The lowest BCUT2D eigenvalue weighted by atomic mass is 10.0. The van der Waals surface area contributed by atoms with Gasteiger partial charge in [0, 0.05) is 5.56 Å². The van der Waals surface area contributed by atoms with Crippen LogP contribution in [-0.4, -0.2) is 0 Å². The highest BCUT2D eigenvalue weighted by Gasteiger charge is 2.12. The summed E-state index contributed by atoms with van der Waals surface area (Å²) in [6.07, 6.45) is 3.33. The molecule has 0 spiro atoms. The van der Waals surface area contributed by atoms with Gasteiger partial charge in [-0.15, -0.1) is 11.6 Å². The van der Waals surface area contributed by atoms with Gasteiger partial charge in [-0.1, -0.05) is 18.2 Å². The maximum absolute atomic E-state index is 6.34. The van der Waals surface area contributed by atoms with Crippen LogP contribution in [0, 0.1) is 13.8 Å². The van der Waals surface area contributed by atoms with Crippen molar-refractivity contribution in [1.29, 1.82) is 0 Å². The first kappa shape index (κ1) is 10.3. The Morgan fingerprint density at radius 1 is 1.07 bits per heavy atom. The molecule has 0 amide bonds. The third kappa shape index (κ3) is 2.07. The van der Waals surface area contributed by atoms with Crippen molar-refractivity contribution >= 4 is 11.6 Å². The first-order valence-electron chi connectivity index (χ1n) is 4.92. The quantitative estimate of drug-likeness (QED) is 0.691. The van der Waals surface area contributed by atoms with E-state index in [-0.39, 0.29) is 5.38 Å². The summed E-state index contributed by atoms with van der Waals surface area (Å²) in [5.41, 5.74) is 4.66. The van der Waals surface area contributed by atoms with Gasteiger partial charge in [-0.3, -0.25) is 0 Å². The molecule has 0 radical (unpaired) electrons. The molecule has 2 heteroatoms. The smallest absolute Gasteiger partial charge is 0.0952 e. The summed E-state index contributed by atoms with van der Waals surface area (Å²) in [6.45, 7) is 4.19. The van der Waals surface area contributed by atoms with E-state index in [9.17, 15) is 0 Å². The van der Waals surface area contributed by atoms with Crippen LogP contribution in [0.25, 0.3) is 0 Å². The molecule has 2 rings (SSSR count). The molecule has 0 aliphatic carbocycles. The maximum Gasteiger partial charge on any atom is 0.0952 e. The molecule has 1 aromatic heterocycles. The second-order valence-electron chi connectivity index (χ2n) is 3.76. The zero-order valence-electron chi connectivity index (χ0n) is 8.83. The molecule has 0 fully saturated rings. The molecule has 1 nitrogen and oxygen atoms in total. The van der Waals surface area contributed by atoms with Gasteiger partial charge >= 0.3 is 0 Å². The predicted molar refractivity (Wildman–Crippen MR) is 62.3 cm³/mol. The van der Waals surface area contributed by atoms with Gasteiger partial charge in [0.2, 0.25) is 0 Å². The van der Waals surface area contributed by atoms with E-state index in [2.05, 4.69) is 32.0 Å². The van der Waals surface area contributed by atoms with Crippen molar-refractivity contribution in [2.75, 3.05) is 0 Å². The van der Waals surface area contributed by atoms with Crippen LogP contribution in [0.2, 0.25) is 0 Å². The standard InChI is InChI=1S/C13H13ClO/c1-9-3-4-11(7-10(9)2)13(14)12-5-6-15-8-12/h3-8,13H,1-2H3. The van der Waals surface area contributed by atoms with Crippen molar-refractivity contribution in [3.8, 4) is 0 Å². The van der Waals surface area contributed by atoms with Crippen LogP contribution in [0.3, 0.4) is 0 Å². The molecule has 2 aromatic rings. The molecule has 1 aromatic carbocycles. The average Bonchev–Trinajstić information content (AvgIpc) is 2.74. The fraction of sp³-hybridized carbons (Fsp3) is 0.231. The highest BCUT2D eigenvalue weighted by molar-refractivity contribution is 6.22. The van der Waals surface area contributed by atoms with E-state index in [1.807, 2.05) is 6.07 Å².